The second kappa shape index (κ2) is 8.68. The molecule has 1 aromatic rings. The lowest BCUT2D eigenvalue weighted by Gasteiger charge is -2.27. The van der Waals surface area contributed by atoms with Gasteiger partial charge in [-0.3, -0.25) is 9.69 Å². The summed E-state index contributed by atoms with van der Waals surface area (Å²) in [5.41, 5.74) is 0. The first-order valence-electron chi connectivity index (χ1n) is 8.36. The summed E-state index contributed by atoms with van der Waals surface area (Å²) in [4.78, 5) is 21.1. The maximum atomic E-state index is 12.5. The first-order valence-corrected chi connectivity index (χ1v) is 9.65. The van der Waals surface area contributed by atoms with Gasteiger partial charge < -0.3 is 9.42 Å². The number of rotatable bonds is 6. The van der Waals surface area contributed by atoms with Crippen molar-refractivity contribution in [3.63, 3.8) is 0 Å². The van der Waals surface area contributed by atoms with Crippen LogP contribution in [0.25, 0.3) is 0 Å². The molecule has 1 saturated heterocycles. The Balaban J connectivity index is 1.88. The molecule has 7 heteroatoms. The summed E-state index contributed by atoms with van der Waals surface area (Å²) in [6.07, 6.45) is 6.08. The van der Waals surface area contributed by atoms with Crippen LogP contribution in [0.4, 0.5) is 0 Å². The van der Waals surface area contributed by atoms with Crippen molar-refractivity contribution in [3.8, 4) is 0 Å². The number of nitrogens with zero attached hydrogens (tertiary/aromatic N) is 4. The van der Waals surface area contributed by atoms with Crippen LogP contribution in [0.2, 0.25) is 0 Å². The molecule has 0 bridgehead atoms. The third-order valence-corrected chi connectivity index (χ3v) is 5.63. The van der Waals surface area contributed by atoms with Gasteiger partial charge in [-0.05, 0) is 39.0 Å². The van der Waals surface area contributed by atoms with Gasteiger partial charge in [0.05, 0.1) is 11.8 Å². The Hall–Kier alpha value is -1.08. The van der Waals surface area contributed by atoms with E-state index in [-0.39, 0.29) is 5.25 Å². The summed E-state index contributed by atoms with van der Waals surface area (Å²) in [7, 11) is 2.10. The molecule has 2 heterocycles. The summed E-state index contributed by atoms with van der Waals surface area (Å²) in [5, 5.41) is 4.07. The first-order chi connectivity index (χ1) is 11.0. The van der Waals surface area contributed by atoms with Crippen LogP contribution in [-0.2, 0) is 11.3 Å². The lowest BCUT2D eigenvalue weighted by Crippen LogP contribution is -2.39. The summed E-state index contributed by atoms with van der Waals surface area (Å²) in [6.45, 7) is 6.30. The Morgan fingerprint density at radius 2 is 2.26 bits per heavy atom. The van der Waals surface area contributed by atoms with Gasteiger partial charge in [0.1, 0.15) is 0 Å². The van der Waals surface area contributed by atoms with Crippen molar-refractivity contribution in [2.24, 2.45) is 0 Å². The Labute approximate surface area is 143 Å². The standard InChI is InChI=1S/C16H28N4O2S/c1-5-14(23-4)16(21)20-9-6-7-13(8-10-20)19(3)11-15-17-12(2)22-18-15/h13-14H,5-11H2,1-4H3/t13-,14+/m1/s1. The zero-order valence-electron chi connectivity index (χ0n) is 14.6. The summed E-state index contributed by atoms with van der Waals surface area (Å²) in [6, 6.07) is 0.459. The van der Waals surface area contributed by atoms with E-state index in [1.807, 2.05) is 13.2 Å². The minimum absolute atomic E-state index is 0.103. The fourth-order valence-corrected chi connectivity index (χ4v) is 3.83. The maximum absolute atomic E-state index is 12.5. The van der Waals surface area contributed by atoms with Crippen molar-refractivity contribution in [3.05, 3.63) is 11.7 Å². The molecule has 0 N–H and O–H groups in total. The van der Waals surface area contributed by atoms with Crippen molar-refractivity contribution in [1.29, 1.82) is 0 Å². The summed E-state index contributed by atoms with van der Waals surface area (Å²) < 4.78 is 5.03. The highest BCUT2D eigenvalue weighted by Gasteiger charge is 2.27. The quantitative estimate of drug-likeness (QED) is 0.792. The van der Waals surface area contributed by atoms with E-state index >= 15 is 0 Å². The van der Waals surface area contributed by atoms with Gasteiger partial charge in [0.15, 0.2) is 5.82 Å². The molecular weight excluding hydrogens is 312 g/mol. The van der Waals surface area contributed by atoms with Crippen molar-refractivity contribution >= 4 is 17.7 Å². The van der Waals surface area contributed by atoms with Gasteiger partial charge in [0, 0.05) is 26.1 Å². The minimum atomic E-state index is 0.103. The van der Waals surface area contributed by atoms with E-state index in [1.54, 1.807) is 11.8 Å². The van der Waals surface area contributed by atoms with Crippen molar-refractivity contribution in [2.45, 2.75) is 57.4 Å². The van der Waals surface area contributed by atoms with E-state index in [2.05, 4.69) is 33.9 Å². The Kier molecular flexibility index (Phi) is 6.89. The molecule has 1 aliphatic rings. The van der Waals surface area contributed by atoms with Crippen molar-refractivity contribution in [2.75, 3.05) is 26.4 Å². The lowest BCUT2D eigenvalue weighted by molar-refractivity contribution is -0.130. The summed E-state index contributed by atoms with van der Waals surface area (Å²) >= 11 is 1.66. The van der Waals surface area contributed by atoms with E-state index < -0.39 is 0 Å². The van der Waals surface area contributed by atoms with E-state index in [4.69, 9.17) is 4.52 Å². The molecule has 2 rings (SSSR count). The van der Waals surface area contributed by atoms with Gasteiger partial charge in [-0.1, -0.05) is 12.1 Å². The second-order valence-corrected chi connectivity index (χ2v) is 7.23. The highest BCUT2D eigenvalue weighted by atomic mass is 32.2. The van der Waals surface area contributed by atoms with Gasteiger partial charge in [-0.15, -0.1) is 0 Å². The molecule has 1 aromatic heterocycles. The molecular formula is C16H28N4O2S. The Morgan fingerprint density at radius 1 is 1.48 bits per heavy atom. The number of aromatic nitrogens is 2. The van der Waals surface area contributed by atoms with Crippen LogP contribution in [0.1, 0.15) is 44.3 Å². The third-order valence-electron chi connectivity index (χ3n) is 4.52. The highest BCUT2D eigenvalue weighted by molar-refractivity contribution is 7.99. The molecule has 1 aliphatic heterocycles. The predicted octanol–water partition coefficient (Wildman–Crippen LogP) is 2.33. The molecule has 0 spiro atoms. The highest BCUT2D eigenvalue weighted by Crippen LogP contribution is 2.20. The average molecular weight is 340 g/mol. The van der Waals surface area contributed by atoms with E-state index in [0.717, 1.165) is 44.6 Å². The molecule has 1 amide bonds. The van der Waals surface area contributed by atoms with Crippen LogP contribution in [0.3, 0.4) is 0 Å². The van der Waals surface area contributed by atoms with Crippen molar-refractivity contribution < 1.29 is 9.32 Å². The molecule has 0 aromatic carbocycles. The molecule has 0 aliphatic carbocycles. The minimum Gasteiger partial charge on any atom is -0.342 e. The van der Waals surface area contributed by atoms with E-state index in [0.29, 0.717) is 24.4 Å². The number of hydrogen-bond donors (Lipinski definition) is 0. The van der Waals surface area contributed by atoms with Gasteiger partial charge in [-0.2, -0.15) is 16.7 Å². The molecule has 6 nitrogen and oxygen atoms in total. The zero-order valence-corrected chi connectivity index (χ0v) is 15.4. The van der Waals surface area contributed by atoms with Crippen molar-refractivity contribution in [1.82, 2.24) is 19.9 Å². The van der Waals surface area contributed by atoms with Gasteiger partial charge in [0.25, 0.3) is 0 Å². The van der Waals surface area contributed by atoms with E-state index in [1.165, 1.54) is 0 Å². The Morgan fingerprint density at radius 3 is 2.87 bits per heavy atom. The molecule has 2 atom stereocenters. The van der Waals surface area contributed by atoms with Crippen LogP contribution < -0.4 is 0 Å². The number of amides is 1. The molecule has 0 saturated carbocycles. The number of aryl methyl sites for hydroxylation is 1. The topological polar surface area (TPSA) is 62.5 Å². The average Bonchev–Trinajstić information content (AvgIpc) is 2.80. The lowest BCUT2D eigenvalue weighted by atomic mass is 10.1. The number of carbonyl (C=O) groups excluding carboxylic acids is 1. The predicted molar refractivity (Wildman–Crippen MR) is 92.3 cm³/mol. The number of thioether (sulfide) groups is 1. The fraction of sp³-hybridized carbons (Fsp3) is 0.812. The Bertz CT molecular complexity index is 504. The smallest absolute Gasteiger partial charge is 0.235 e. The summed E-state index contributed by atoms with van der Waals surface area (Å²) in [5.74, 6) is 1.64. The van der Waals surface area contributed by atoms with E-state index in [9.17, 15) is 4.79 Å². The molecule has 0 unspecified atom stereocenters. The SMILES string of the molecule is CC[C@H](SC)C(=O)N1CCC[C@@H](N(C)Cc2noc(C)n2)CC1. The van der Waals surface area contributed by atoms with Crippen LogP contribution in [0, 0.1) is 6.92 Å². The first kappa shape index (κ1) is 18.3. The monoisotopic (exact) mass is 340 g/mol. The second-order valence-electron chi connectivity index (χ2n) is 6.19. The van der Waals surface area contributed by atoms with Gasteiger partial charge in [-0.25, -0.2) is 0 Å². The van der Waals surface area contributed by atoms with Gasteiger partial charge >= 0.3 is 0 Å². The van der Waals surface area contributed by atoms with Crippen LogP contribution in [0.15, 0.2) is 4.52 Å². The molecule has 1 fully saturated rings. The van der Waals surface area contributed by atoms with Crippen LogP contribution in [-0.4, -0.2) is 63.5 Å². The maximum Gasteiger partial charge on any atom is 0.235 e. The third kappa shape index (κ3) is 4.94. The normalized spacial score (nSPS) is 20.6. The molecule has 0 radical (unpaired) electrons. The fourth-order valence-electron chi connectivity index (χ4n) is 3.14. The number of hydrogen-bond acceptors (Lipinski definition) is 6. The number of carbonyl (C=O) groups is 1. The van der Waals surface area contributed by atoms with Gasteiger partial charge in [0.2, 0.25) is 11.8 Å². The zero-order chi connectivity index (χ0) is 16.8. The largest absolute Gasteiger partial charge is 0.342 e. The number of likely N-dealkylation sites (tertiary alicyclic amines) is 1. The molecule has 23 heavy (non-hydrogen) atoms. The molecule has 130 valence electrons. The van der Waals surface area contributed by atoms with Crippen LogP contribution >= 0.6 is 11.8 Å². The van der Waals surface area contributed by atoms with Crippen LogP contribution in [0.5, 0.6) is 0 Å².